The van der Waals surface area contributed by atoms with Gasteiger partial charge in [0.25, 0.3) is 0 Å². The molecular formula is C17H28N2O. The number of rotatable bonds is 9. The van der Waals surface area contributed by atoms with E-state index in [1.54, 1.807) is 0 Å². The Kier molecular flexibility index (Phi) is 6.73. The van der Waals surface area contributed by atoms with Crippen LogP contribution in [0.3, 0.4) is 0 Å². The van der Waals surface area contributed by atoms with E-state index in [1.807, 2.05) is 30.3 Å². The second-order valence-corrected chi connectivity index (χ2v) is 5.66. The van der Waals surface area contributed by atoms with Crippen LogP contribution in [0, 0.1) is 5.92 Å². The first kappa shape index (κ1) is 16.7. The van der Waals surface area contributed by atoms with Crippen LogP contribution in [-0.2, 0) is 10.3 Å². The monoisotopic (exact) mass is 276 g/mol. The van der Waals surface area contributed by atoms with E-state index in [9.17, 15) is 4.79 Å². The van der Waals surface area contributed by atoms with Crippen molar-refractivity contribution in [3.05, 3.63) is 35.9 Å². The molecule has 3 nitrogen and oxygen atoms in total. The molecule has 2 atom stereocenters. The maximum atomic E-state index is 11.8. The maximum Gasteiger partial charge on any atom is 0.242 e. The molecule has 0 aromatic heterocycles. The van der Waals surface area contributed by atoms with E-state index in [-0.39, 0.29) is 0 Å². The minimum absolute atomic E-state index is 0.436. The summed E-state index contributed by atoms with van der Waals surface area (Å²) in [6, 6.07) is 9.49. The van der Waals surface area contributed by atoms with Crippen molar-refractivity contribution >= 4 is 5.91 Å². The van der Waals surface area contributed by atoms with E-state index in [1.165, 1.54) is 19.3 Å². The van der Waals surface area contributed by atoms with Crippen LogP contribution < -0.4 is 11.5 Å². The van der Waals surface area contributed by atoms with Crippen molar-refractivity contribution in [2.24, 2.45) is 17.4 Å². The molecule has 3 heteroatoms. The Balaban J connectivity index is 2.75. The fourth-order valence-corrected chi connectivity index (χ4v) is 2.62. The Morgan fingerprint density at radius 3 is 2.35 bits per heavy atom. The fraction of sp³-hybridized carbons (Fsp3) is 0.588. The van der Waals surface area contributed by atoms with Crippen molar-refractivity contribution in [2.75, 3.05) is 0 Å². The summed E-state index contributed by atoms with van der Waals surface area (Å²) in [4.78, 5) is 11.8. The summed E-state index contributed by atoms with van der Waals surface area (Å²) in [6.07, 6.45) is 6.34. The van der Waals surface area contributed by atoms with Gasteiger partial charge in [0.1, 0.15) is 5.54 Å². The molecule has 0 aliphatic carbocycles. The van der Waals surface area contributed by atoms with Crippen LogP contribution in [0.15, 0.2) is 30.3 Å². The summed E-state index contributed by atoms with van der Waals surface area (Å²) in [5.41, 5.74) is 11.7. The van der Waals surface area contributed by atoms with Crippen molar-refractivity contribution in [1.82, 2.24) is 0 Å². The number of hydrogen-bond acceptors (Lipinski definition) is 2. The van der Waals surface area contributed by atoms with Gasteiger partial charge in [0.15, 0.2) is 0 Å². The van der Waals surface area contributed by atoms with Crippen LogP contribution in [0.1, 0.15) is 57.9 Å². The Morgan fingerprint density at radius 1 is 1.20 bits per heavy atom. The average molecular weight is 276 g/mol. The van der Waals surface area contributed by atoms with Gasteiger partial charge in [0.05, 0.1) is 0 Å². The smallest absolute Gasteiger partial charge is 0.242 e. The molecule has 1 aromatic carbocycles. The zero-order valence-corrected chi connectivity index (χ0v) is 12.8. The molecule has 0 aliphatic rings. The average Bonchev–Trinajstić information content (AvgIpc) is 2.47. The fourth-order valence-electron chi connectivity index (χ4n) is 2.62. The van der Waals surface area contributed by atoms with Crippen molar-refractivity contribution in [3.8, 4) is 0 Å². The van der Waals surface area contributed by atoms with Crippen LogP contribution in [0.25, 0.3) is 0 Å². The predicted octanol–water partition coefficient (Wildman–Crippen LogP) is 3.32. The van der Waals surface area contributed by atoms with Crippen molar-refractivity contribution in [2.45, 2.75) is 57.9 Å². The highest BCUT2D eigenvalue weighted by Gasteiger charge is 2.34. The Labute approximate surface area is 122 Å². The summed E-state index contributed by atoms with van der Waals surface area (Å²) >= 11 is 0. The number of primary amides is 1. The van der Waals surface area contributed by atoms with Gasteiger partial charge in [0.2, 0.25) is 5.91 Å². The van der Waals surface area contributed by atoms with Crippen LogP contribution in [0.5, 0.6) is 0 Å². The van der Waals surface area contributed by atoms with Gasteiger partial charge in [-0.1, -0.05) is 69.9 Å². The standard InChI is InChI=1S/C17H28N2O/c1-3-5-9-14(4-2)12-13-17(19,16(18)20)15-10-7-6-8-11-15/h6-8,10-11,14H,3-5,9,12-13,19H2,1-2H3,(H2,18,20). The molecule has 0 saturated carbocycles. The van der Waals surface area contributed by atoms with Crippen LogP contribution >= 0.6 is 0 Å². The topological polar surface area (TPSA) is 69.1 Å². The number of carbonyl (C=O) groups excluding carboxylic acids is 1. The lowest BCUT2D eigenvalue weighted by atomic mass is 9.81. The Morgan fingerprint density at radius 2 is 1.85 bits per heavy atom. The van der Waals surface area contributed by atoms with Gasteiger partial charge < -0.3 is 11.5 Å². The van der Waals surface area contributed by atoms with E-state index < -0.39 is 11.4 Å². The summed E-state index contributed by atoms with van der Waals surface area (Å²) in [6.45, 7) is 4.40. The third-order valence-corrected chi connectivity index (χ3v) is 4.22. The highest BCUT2D eigenvalue weighted by molar-refractivity contribution is 5.85. The maximum absolute atomic E-state index is 11.8. The van der Waals surface area contributed by atoms with Gasteiger partial charge in [-0.15, -0.1) is 0 Å². The van der Waals surface area contributed by atoms with E-state index in [0.29, 0.717) is 12.3 Å². The first-order chi connectivity index (χ1) is 9.54. The zero-order valence-electron chi connectivity index (χ0n) is 12.8. The van der Waals surface area contributed by atoms with Gasteiger partial charge in [0, 0.05) is 0 Å². The van der Waals surface area contributed by atoms with E-state index in [0.717, 1.165) is 18.4 Å². The largest absolute Gasteiger partial charge is 0.368 e. The van der Waals surface area contributed by atoms with E-state index >= 15 is 0 Å². The molecule has 20 heavy (non-hydrogen) atoms. The predicted molar refractivity (Wildman–Crippen MR) is 84.0 cm³/mol. The molecule has 0 saturated heterocycles. The second-order valence-electron chi connectivity index (χ2n) is 5.66. The molecule has 1 amide bonds. The highest BCUT2D eigenvalue weighted by Crippen LogP contribution is 2.28. The summed E-state index contributed by atoms with van der Waals surface area (Å²) in [5.74, 6) is 0.190. The zero-order chi connectivity index (χ0) is 15.0. The molecule has 0 radical (unpaired) electrons. The number of unbranched alkanes of at least 4 members (excludes halogenated alkanes) is 1. The molecular weight excluding hydrogens is 248 g/mol. The van der Waals surface area contributed by atoms with Crippen molar-refractivity contribution in [3.63, 3.8) is 0 Å². The number of amides is 1. The Hall–Kier alpha value is -1.35. The molecule has 0 spiro atoms. The third-order valence-electron chi connectivity index (χ3n) is 4.22. The number of benzene rings is 1. The van der Waals surface area contributed by atoms with E-state index in [2.05, 4.69) is 13.8 Å². The number of nitrogens with two attached hydrogens (primary N) is 2. The van der Waals surface area contributed by atoms with Gasteiger partial charge in [-0.05, 0) is 24.3 Å². The third kappa shape index (κ3) is 4.34. The molecule has 0 bridgehead atoms. The molecule has 112 valence electrons. The number of carbonyl (C=O) groups is 1. The van der Waals surface area contributed by atoms with Crippen LogP contribution in [0.4, 0.5) is 0 Å². The first-order valence-electron chi connectivity index (χ1n) is 7.68. The lowest BCUT2D eigenvalue weighted by Gasteiger charge is -2.28. The van der Waals surface area contributed by atoms with Crippen LogP contribution in [0.2, 0.25) is 0 Å². The van der Waals surface area contributed by atoms with Crippen molar-refractivity contribution in [1.29, 1.82) is 0 Å². The lowest BCUT2D eigenvalue weighted by Crippen LogP contribution is -2.49. The quantitative estimate of drug-likeness (QED) is 0.726. The van der Waals surface area contributed by atoms with E-state index in [4.69, 9.17) is 11.5 Å². The summed E-state index contributed by atoms with van der Waals surface area (Å²) in [5, 5.41) is 0. The molecule has 0 fully saturated rings. The van der Waals surface area contributed by atoms with Gasteiger partial charge in [-0.2, -0.15) is 0 Å². The summed E-state index contributed by atoms with van der Waals surface area (Å²) < 4.78 is 0. The van der Waals surface area contributed by atoms with Crippen molar-refractivity contribution < 1.29 is 4.79 Å². The molecule has 0 aliphatic heterocycles. The second kappa shape index (κ2) is 8.05. The normalized spacial score (nSPS) is 15.6. The lowest BCUT2D eigenvalue weighted by molar-refractivity contribution is -0.123. The molecule has 1 aromatic rings. The molecule has 0 heterocycles. The molecule has 1 rings (SSSR count). The highest BCUT2D eigenvalue weighted by atomic mass is 16.1. The minimum atomic E-state index is -1.04. The van der Waals surface area contributed by atoms with Gasteiger partial charge in [-0.25, -0.2) is 0 Å². The van der Waals surface area contributed by atoms with Crippen LogP contribution in [-0.4, -0.2) is 5.91 Å². The molecule has 4 N–H and O–H groups in total. The Bertz CT molecular complexity index is 405. The SMILES string of the molecule is CCCCC(CC)CCC(N)(C(N)=O)c1ccccc1. The first-order valence-corrected chi connectivity index (χ1v) is 7.68. The minimum Gasteiger partial charge on any atom is -0.368 e. The molecule has 2 unspecified atom stereocenters. The summed E-state index contributed by atoms with van der Waals surface area (Å²) in [7, 11) is 0. The van der Waals surface area contributed by atoms with Gasteiger partial charge >= 0.3 is 0 Å². The number of hydrogen-bond donors (Lipinski definition) is 2. The van der Waals surface area contributed by atoms with Gasteiger partial charge in [-0.3, -0.25) is 4.79 Å².